The first kappa shape index (κ1) is 25.5. The molecule has 0 aromatic heterocycles. The quantitative estimate of drug-likeness (QED) is 0.254. The molecule has 0 aliphatic carbocycles. The van der Waals surface area contributed by atoms with Crippen molar-refractivity contribution in [2.45, 2.75) is 26.8 Å². The Morgan fingerprint density at radius 1 is 0.946 bits per heavy atom. The highest BCUT2D eigenvalue weighted by Gasteiger charge is 2.47. The van der Waals surface area contributed by atoms with Crippen LogP contribution in [-0.2, 0) is 14.4 Å². The molecule has 0 saturated carbocycles. The summed E-state index contributed by atoms with van der Waals surface area (Å²) in [6.07, 6.45) is 0. The minimum atomic E-state index is -0.881. The van der Waals surface area contributed by atoms with Gasteiger partial charge >= 0.3 is 0 Å². The van der Waals surface area contributed by atoms with Crippen molar-refractivity contribution >= 4 is 34.7 Å². The van der Waals surface area contributed by atoms with Crippen molar-refractivity contribution in [3.05, 3.63) is 89.5 Å². The summed E-state index contributed by atoms with van der Waals surface area (Å²) >= 11 is 0. The lowest BCUT2D eigenvalue weighted by molar-refractivity contribution is -0.132. The number of Topliss-reactive ketones (excluding diaryl/α,β-unsaturated/α-hetero) is 1. The second-order valence-corrected chi connectivity index (χ2v) is 8.33. The van der Waals surface area contributed by atoms with Crippen LogP contribution < -0.4 is 19.7 Å². The van der Waals surface area contributed by atoms with Gasteiger partial charge < -0.3 is 19.9 Å². The van der Waals surface area contributed by atoms with Crippen molar-refractivity contribution in [3.63, 3.8) is 0 Å². The van der Waals surface area contributed by atoms with Crippen molar-refractivity contribution in [2.75, 3.05) is 23.4 Å². The van der Waals surface area contributed by atoms with Gasteiger partial charge in [-0.05, 0) is 55.8 Å². The van der Waals surface area contributed by atoms with Gasteiger partial charge in [-0.2, -0.15) is 0 Å². The highest BCUT2D eigenvalue weighted by molar-refractivity contribution is 6.51. The number of ether oxygens (including phenoxy) is 2. The van der Waals surface area contributed by atoms with Crippen molar-refractivity contribution in [2.24, 2.45) is 0 Å². The molecule has 1 heterocycles. The standard InChI is InChI=1S/C29H28N2O6/c1-4-36-22-15-16-23(24(17-22)37-5-2)27(33)25-26(19-9-7-6-8-10-19)31(29(35)28(25)34)21-13-11-20(12-14-21)30-18(3)32/h6-17,26,33H,4-5H2,1-3H3,(H,30,32)/b27-25-. The molecule has 2 N–H and O–H groups in total. The zero-order valence-electron chi connectivity index (χ0n) is 20.9. The van der Waals surface area contributed by atoms with Crippen LogP contribution in [-0.4, -0.2) is 35.9 Å². The lowest BCUT2D eigenvalue weighted by Gasteiger charge is -2.25. The molecule has 3 aromatic carbocycles. The highest BCUT2D eigenvalue weighted by atomic mass is 16.5. The van der Waals surface area contributed by atoms with Crippen molar-refractivity contribution < 1.29 is 29.0 Å². The monoisotopic (exact) mass is 500 g/mol. The van der Waals surface area contributed by atoms with Crippen molar-refractivity contribution in [3.8, 4) is 11.5 Å². The van der Waals surface area contributed by atoms with Crippen LogP contribution in [0.2, 0.25) is 0 Å². The molecule has 0 bridgehead atoms. The molecule has 1 atom stereocenters. The normalized spacial score (nSPS) is 16.5. The minimum Gasteiger partial charge on any atom is -0.507 e. The number of carbonyl (C=O) groups excluding carboxylic acids is 3. The van der Waals surface area contributed by atoms with Gasteiger partial charge in [-0.1, -0.05) is 30.3 Å². The van der Waals surface area contributed by atoms with Gasteiger partial charge in [0.25, 0.3) is 11.7 Å². The van der Waals surface area contributed by atoms with E-state index in [2.05, 4.69) is 5.32 Å². The summed E-state index contributed by atoms with van der Waals surface area (Å²) < 4.78 is 11.3. The number of anilines is 2. The predicted molar refractivity (Wildman–Crippen MR) is 141 cm³/mol. The van der Waals surface area contributed by atoms with Gasteiger partial charge in [0.05, 0.1) is 30.4 Å². The number of hydrogen-bond acceptors (Lipinski definition) is 6. The minimum absolute atomic E-state index is 0.0488. The molecule has 1 aliphatic rings. The van der Waals surface area contributed by atoms with E-state index in [0.29, 0.717) is 41.7 Å². The SMILES string of the molecule is CCOc1ccc(/C(O)=C2/C(=O)C(=O)N(c3ccc(NC(C)=O)cc3)C2c2ccccc2)c(OCC)c1. The Balaban J connectivity index is 1.87. The van der Waals surface area contributed by atoms with Gasteiger partial charge in [0.2, 0.25) is 5.91 Å². The third kappa shape index (κ3) is 5.18. The molecule has 4 rings (SSSR count). The van der Waals surface area contributed by atoms with Crippen LogP contribution in [0.25, 0.3) is 5.76 Å². The molecule has 0 radical (unpaired) electrons. The van der Waals surface area contributed by atoms with E-state index in [1.165, 1.54) is 11.8 Å². The van der Waals surface area contributed by atoms with Crippen LogP contribution in [0.1, 0.15) is 37.9 Å². The fourth-order valence-corrected chi connectivity index (χ4v) is 4.33. The largest absolute Gasteiger partial charge is 0.507 e. The molecule has 8 heteroatoms. The Kier molecular flexibility index (Phi) is 7.57. The van der Waals surface area contributed by atoms with Crippen molar-refractivity contribution in [1.29, 1.82) is 0 Å². The van der Waals surface area contributed by atoms with Gasteiger partial charge in [0.15, 0.2) is 0 Å². The van der Waals surface area contributed by atoms with Gasteiger partial charge in [0, 0.05) is 24.4 Å². The van der Waals surface area contributed by atoms with Crippen LogP contribution in [0, 0.1) is 0 Å². The first-order valence-corrected chi connectivity index (χ1v) is 12.0. The molecular formula is C29H28N2O6. The van der Waals surface area contributed by atoms with E-state index in [-0.39, 0.29) is 22.8 Å². The number of benzene rings is 3. The van der Waals surface area contributed by atoms with Crippen LogP contribution in [0.15, 0.2) is 78.4 Å². The Hall–Kier alpha value is -4.59. The van der Waals surface area contributed by atoms with Crippen LogP contribution >= 0.6 is 0 Å². The summed E-state index contributed by atoms with van der Waals surface area (Å²) in [5.74, 6) is -1.25. The first-order valence-electron chi connectivity index (χ1n) is 12.0. The second kappa shape index (κ2) is 11.0. The Morgan fingerprint density at radius 3 is 2.24 bits per heavy atom. The van der Waals surface area contributed by atoms with Gasteiger partial charge in [-0.25, -0.2) is 0 Å². The second-order valence-electron chi connectivity index (χ2n) is 8.33. The molecule has 1 unspecified atom stereocenters. The molecular weight excluding hydrogens is 472 g/mol. The van der Waals surface area contributed by atoms with E-state index in [1.54, 1.807) is 66.7 Å². The summed E-state index contributed by atoms with van der Waals surface area (Å²) in [5, 5.41) is 14.2. The van der Waals surface area contributed by atoms with Gasteiger partial charge in [0.1, 0.15) is 17.3 Å². The van der Waals surface area contributed by atoms with E-state index < -0.39 is 17.7 Å². The topological polar surface area (TPSA) is 105 Å². The number of hydrogen-bond donors (Lipinski definition) is 2. The molecule has 2 amide bonds. The molecule has 1 saturated heterocycles. The predicted octanol–water partition coefficient (Wildman–Crippen LogP) is 5.07. The smallest absolute Gasteiger partial charge is 0.300 e. The van der Waals surface area contributed by atoms with Gasteiger partial charge in [-0.3, -0.25) is 19.3 Å². The van der Waals surface area contributed by atoms with E-state index in [1.807, 2.05) is 19.9 Å². The van der Waals surface area contributed by atoms with Crippen LogP contribution in [0.5, 0.6) is 11.5 Å². The Labute approximate surface area is 215 Å². The third-order valence-corrected chi connectivity index (χ3v) is 5.84. The van der Waals surface area contributed by atoms with Crippen molar-refractivity contribution in [1.82, 2.24) is 0 Å². The summed E-state index contributed by atoms with van der Waals surface area (Å²) in [7, 11) is 0. The van der Waals surface area contributed by atoms with E-state index in [4.69, 9.17) is 9.47 Å². The number of nitrogens with zero attached hydrogens (tertiary/aromatic N) is 1. The first-order chi connectivity index (χ1) is 17.8. The van der Waals surface area contributed by atoms with Gasteiger partial charge in [-0.15, -0.1) is 0 Å². The summed E-state index contributed by atoms with van der Waals surface area (Å²) in [4.78, 5) is 39.5. The van der Waals surface area contributed by atoms with Crippen LogP contribution in [0.3, 0.4) is 0 Å². The molecule has 3 aromatic rings. The van der Waals surface area contributed by atoms with E-state index >= 15 is 0 Å². The lowest BCUT2D eigenvalue weighted by Crippen LogP contribution is -2.29. The zero-order valence-corrected chi connectivity index (χ0v) is 20.9. The molecule has 1 aliphatic heterocycles. The number of aliphatic hydroxyl groups is 1. The third-order valence-electron chi connectivity index (χ3n) is 5.84. The highest BCUT2D eigenvalue weighted by Crippen LogP contribution is 2.43. The fourth-order valence-electron chi connectivity index (χ4n) is 4.33. The average molecular weight is 501 g/mol. The number of ketones is 1. The lowest BCUT2D eigenvalue weighted by atomic mass is 9.95. The van der Waals surface area contributed by atoms with E-state index in [0.717, 1.165) is 0 Å². The molecule has 0 spiro atoms. The number of amides is 2. The fraction of sp³-hybridized carbons (Fsp3) is 0.207. The van der Waals surface area contributed by atoms with E-state index in [9.17, 15) is 19.5 Å². The molecule has 1 fully saturated rings. The summed E-state index contributed by atoms with van der Waals surface area (Å²) in [6, 6.07) is 19.7. The maximum absolute atomic E-state index is 13.4. The molecule has 8 nitrogen and oxygen atoms in total. The Morgan fingerprint density at radius 2 is 1.62 bits per heavy atom. The number of aliphatic hydroxyl groups excluding tert-OH is 1. The number of carbonyl (C=O) groups is 3. The molecule has 190 valence electrons. The zero-order chi connectivity index (χ0) is 26.5. The maximum Gasteiger partial charge on any atom is 0.300 e. The molecule has 37 heavy (non-hydrogen) atoms. The number of rotatable bonds is 8. The summed E-state index contributed by atoms with van der Waals surface area (Å²) in [5.41, 5.74) is 1.89. The average Bonchev–Trinajstić information content (AvgIpc) is 3.15. The van der Waals surface area contributed by atoms with Crippen LogP contribution in [0.4, 0.5) is 11.4 Å². The maximum atomic E-state index is 13.4. The Bertz CT molecular complexity index is 1350. The summed E-state index contributed by atoms with van der Waals surface area (Å²) in [6.45, 7) is 5.85. The number of nitrogens with one attached hydrogen (secondary N) is 1.